The normalized spacial score (nSPS) is 13.1. The lowest BCUT2D eigenvalue weighted by atomic mass is 10.1. The summed E-state index contributed by atoms with van der Waals surface area (Å²) < 4.78 is 38.4. The maximum absolute atomic E-state index is 12.8. The SMILES string of the molecule is CC(C)CC(C)NC(=O)c1ccc(-c2cccc(C(F)(F)F)c2)s1. The predicted octanol–water partition coefficient (Wildman–Crippen LogP) is 5.60. The van der Waals surface area contributed by atoms with E-state index in [2.05, 4.69) is 19.2 Å². The summed E-state index contributed by atoms with van der Waals surface area (Å²) in [6, 6.07) is 8.52. The van der Waals surface area contributed by atoms with Crippen molar-refractivity contribution in [2.75, 3.05) is 0 Å². The maximum atomic E-state index is 12.8. The molecule has 24 heavy (non-hydrogen) atoms. The van der Waals surface area contributed by atoms with Gasteiger partial charge in [-0.15, -0.1) is 11.3 Å². The molecule has 6 heteroatoms. The number of hydrogen-bond acceptors (Lipinski definition) is 2. The van der Waals surface area contributed by atoms with Gasteiger partial charge in [0.15, 0.2) is 0 Å². The number of thiophene rings is 1. The van der Waals surface area contributed by atoms with Crippen molar-refractivity contribution in [2.45, 2.75) is 39.4 Å². The van der Waals surface area contributed by atoms with E-state index in [4.69, 9.17) is 0 Å². The van der Waals surface area contributed by atoms with Gasteiger partial charge >= 0.3 is 6.18 Å². The second-order valence-electron chi connectivity index (χ2n) is 6.25. The van der Waals surface area contributed by atoms with E-state index in [0.29, 0.717) is 21.2 Å². The molecule has 2 aromatic rings. The first kappa shape index (κ1) is 18.5. The molecule has 1 aromatic heterocycles. The Hall–Kier alpha value is -1.82. The summed E-state index contributed by atoms with van der Waals surface area (Å²) in [6.07, 6.45) is -3.50. The first-order valence-corrected chi connectivity index (χ1v) is 8.57. The van der Waals surface area contributed by atoms with Crippen molar-refractivity contribution < 1.29 is 18.0 Å². The van der Waals surface area contributed by atoms with Crippen LogP contribution in [-0.2, 0) is 6.18 Å². The zero-order chi connectivity index (χ0) is 17.9. The third-order valence-electron chi connectivity index (χ3n) is 3.51. The van der Waals surface area contributed by atoms with Gasteiger partial charge in [-0.2, -0.15) is 13.2 Å². The molecule has 2 nitrogen and oxygen atoms in total. The Kier molecular flexibility index (Phi) is 5.70. The van der Waals surface area contributed by atoms with Gasteiger partial charge in [0.25, 0.3) is 5.91 Å². The van der Waals surface area contributed by atoms with E-state index in [1.54, 1.807) is 18.2 Å². The smallest absolute Gasteiger partial charge is 0.349 e. The van der Waals surface area contributed by atoms with E-state index in [1.807, 2.05) is 6.92 Å². The Bertz CT molecular complexity index is 706. The number of halogens is 3. The average molecular weight is 355 g/mol. The number of amides is 1. The molecule has 0 aliphatic carbocycles. The average Bonchev–Trinajstić information content (AvgIpc) is 2.95. The molecule has 0 aliphatic heterocycles. The molecule has 0 saturated carbocycles. The van der Waals surface area contributed by atoms with Gasteiger partial charge in [-0.1, -0.05) is 26.0 Å². The van der Waals surface area contributed by atoms with Crippen molar-refractivity contribution in [3.63, 3.8) is 0 Å². The molecule has 1 unspecified atom stereocenters. The minimum absolute atomic E-state index is 0.0524. The van der Waals surface area contributed by atoms with E-state index in [-0.39, 0.29) is 11.9 Å². The highest BCUT2D eigenvalue weighted by Gasteiger charge is 2.30. The van der Waals surface area contributed by atoms with Crippen molar-refractivity contribution >= 4 is 17.2 Å². The molecule has 1 atom stereocenters. The van der Waals surface area contributed by atoms with E-state index in [9.17, 15) is 18.0 Å². The van der Waals surface area contributed by atoms with Crippen LogP contribution in [0.1, 0.15) is 42.4 Å². The zero-order valence-electron chi connectivity index (χ0n) is 13.8. The predicted molar refractivity (Wildman–Crippen MR) is 91.1 cm³/mol. The lowest BCUT2D eigenvalue weighted by molar-refractivity contribution is -0.137. The Morgan fingerprint density at radius 1 is 1.17 bits per heavy atom. The summed E-state index contributed by atoms with van der Waals surface area (Å²) in [7, 11) is 0. The Labute approximate surface area is 143 Å². The molecule has 2 rings (SSSR count). The van der Waals surface area contributed by atoms with Crippen molar-refractivity contribution in [3.8, 4) is 10.4 Å². The molecule has 1 N–H and O–H groups in total. The summed E-state index contributed by atoms with van der Waals surface area (Å²) in [5.41, 5.74) is -0.228. The fourth-order valence-corrected chi connectivity index (χ4v) is 3.43. The third kappa shape index (κ3) is 4.84. The van der Waals surface area contributed by atoms with E-state index < -0.39 is 11.7 Å². The topological polar surface area (TPSA) is 29.1 Å². The molecule has 1 aromatic carbocycles. The van der Waals surface area contributed by atoms with Crippen molar-refractivity contribution in [1.29, 1.82) is 0 Å². The summed E-state index contributed by atoms with van der Waals surface area (Å²) in [5.74, 6) is 0.288. The minimum Gasteiger partial charge on any atom is -0.349 e. The Balaban J connectivity index is 2.15. The van der Waals surface area contributed by atoms with Crippen LogP contribution in [-0.4, -0.2) is 11.9 Å². The second-order valence-corrected chi connectivity index (χ2v) is 7.33. The van der Waals surface area contributed by atoms with Gasteiger partial charge in [0.1, 0.15) is 0 Å². The highest BCUT2D eigenvalue weighted by molar-refractivity contribution is 7.17. The summed E-state index contributed by atoms with van der Waals surface area (Å²) >= 11 is 1.19. The minimum atomic E-state index is -4.38. The first-order valence-electron chi connectivity index (χ1n) is 7.75. The molecule has 0 fully saturated rings. The van der Waals surface area contributed by atoms with Crippen molar-refractivity contribution in [1.82, 2.24) is 5.32 Å². The van der Waals surface area contributed by atoms with Crippen LogP contribution in [0.3, 0.4) is 0 Å². The number of rotatable bonds is 5. The zero-order valence-corrected chi connectivity index (χ0v) is 14.6. The van der Waals surface area contributed by atoms with Gasteiger partial charge in [0.05, 0.1) is 10.4 Å². The van der Waals surface area contributed by atoms with Gasteiger partial charge in [0, 0.05) is 10.9 Å². The van der Waals surface area contributed by atoms with E-state index in [1.165, 1.54) is 17.4 Å². The molecule has 0 spiro atoms. The van der Waals surface area contributed by atoms with E-state index >= 15 is 0 Å². The number of alkyl halides is 3. The number of hydrogen-bond donors (Lipinski definition) is 1. The standard InChI is InChI=1S/C18H20F3NOS/c1-11(2)9-12(3)22-17(23)16-8-7-15(24-16)13-5-4-6-14(10-13)18(19,20)21/h4-8,10-12H,9H2,1-3H3,(H,22,23). The van der Waals surface area contributed by atoms with Crippen LogP contribution < -0.4 is 5.32 Å². The van der Waals surface area contributed by atoms with Crippen LogP contribution in [0, 0.1) is 5.92 Å². The van der Waals surface area contributed by atoms with Gasteiger partial charge in [-0.05, 0) is 49.1 Å². The fraction of sp³-hybridized carbons (Fsp3) is 0.389. The van der Waals surface area contributed by atoms with Crippen LogP contribution in [0.15, 0.2) is 36.4 Å². The maximum Gasteiger partial charge on any atom is 0.416 e. The molecule has 130 valence electrons. The quantitative estimate of drug-likeness (QED) is 0.743. The van der Waals surface area contributed by atoms with E-state index in [0.717, 1.165) is 18.6 Å². The number of carbonyl (C=O) groups excluding carboxylic acids is 1. The number of carbonyl (C=O) groups is 1. The Morgan fingerprint density at radius 2 is 1.88 bits per heavy atom. The van der Waals surface area contributed by atoms with Crippen LogP contribution in [0.25, 0.3) is 10.4 Å². The Morgan fingerprint density at radius 3 is 2.50 bits per heavy atom. The van der Waals surface area contributed by atoms with Gasteiger partial charge in [-0.3, -0.25) is 4.79 Å². The number of nitrogens with one attached hydrogen (secondary N) is 1. The lowest BCUT2D eigenvalue weighted by Crippen LogP contribution is -2.32. The molecular weight excluding hydrogens is 335 g/mol. The molecule has 1 amide bonds. The third-order valence-corrected chi connectivity index (χ3v) is 4.64. The molecule has 1 heterocycles. The molecule has 0 saturated heterocycles. The summed E-state index contributed by atoms with van der Waals surface area (Å²) in [5, 5.41) is 2.92. The summed E-state index contributed by atoms with van der Waals surface area (Å²) in [6.45, 7) is 6.11. The molecule has 0 bridgehead atoms. The van der Waals surface area contributed by atoms with Crippen LogP contribution in [0.2, 0.25) is 0 Å². The van der Waals surface area contributed by atoms with Crippen LogP contribution in [0.5, 0.6) is 0 Å². The fourth-order valence-electron chi connectivity index (χ4n) is 2.52. The van der Waals surface area contributed by atoms with Gasteiger partial charge in [-0.25, -0.2) is 0 Å². The lowest BCUT2D eigenvalue weighted by Gasteiger charge is -2.15. The second kappa shape index (κ2) is 7.38. The first-order chi connectivity index (χ1) is 11.2. The molecule has 0 radical (unpaired) electrons. The van der Waals surface area contributed by atoms with Gasteiger partial charge < -0.3 is 5.32 Å². The molecule has 0 aliphatic rings. The van der Waals surface area contributed by atoms with Crippen LogP contribution >= 0.6 is 11.3 Å². The summed E-state index contributed by atoms with van der Waals surface area (Å²) in [4.78, 5) is 13.4. The monoisotopic (exact) mass is 355 g/mol. The largest absolute Gasteiger partial charge is 0.416 e. The highest BCUT2D eigenvalue weighted by Crippen LogP contribution is 2.34. The van der Waals surface area contributed by atoms with Gasteiger partial charge in [0.2, 0.25) is 0 Å². The molecular formula is C18H20F3NOS. The highest BCUT2D eigenvalue weighted by atomic mass is 32.1. The van der Waals surface area contributed by atoms with Crippen molar-refractivity contribution in [2.24, 2.45) is 5.92 Å². The van der Waals surface area contributed by atoms with Crippen LogP contribution in [0.4, 0.5) is 13.2 Å². The van der Waals surface area contributed by atoms with Crippen molar-refractivity contribution in [3.05, 3.63) is 46.8 Å². The number of benzene rings is 1.